The molecule has 0 fully saturated rings. The van der Waals surface area contributed by atoms with E-state index in [0.29, 0.717) is 6.04 Å². The molecule has 1 aliphatic heterocycles. The Hall–Kier alpha value is -1.16. The van der Waals surface area contributed by atoms with Crippen molar-refractivity contribution in [3.05, 3.63) is 57.8 Å². The Labute approximate surface area is 118 Å². The lowest BCUT2D eigenvalue weighted by Gasteiger charge is -2.27. The van der Waals surface area contributed by atoms with Crippen molar-refractivity contribution in [1.82, 2.24) is 5.32 Å². The first-order valence-corrected chi connectivity index (χ1v) is 7.74. The van der Waals surface area contributed by atoms with Crippen LogP contribution in [0.2, 0.25) is 0 Å². The van der Waals surface area contributed by atoms with E-state index >= 15 is 0 Å². The molecule has 1 aromatic carbocycles. The second-order valence-corrected chi connectivity index (χ2v) is 5.77. The fourth-order valence-electron chi connectivity index (χ4n) is 2.57. The van der Waals surface area contributed by atoms with Crippen molar-refractivity contribution >= 4 is 11.3 Å². The van der Waals surface area contributed by atoms with Gasteiger partial charge in [0.25, 0.3) is 0 Å². The van der Waals surface area contributed by atoms with Gasteiger partial charge in [-0.3, -0.25) is 0 Å². The van der Waals surface area contributed by atoms with Crippen LogP contribution in [0, 0.1) is 0 Å². The highest BCUT2D eigenvalue weighted by Crippen LogP contribution is 2.27. The van der Waals surface area contributed by atoms with Gasteiger partial charge >= 0.3 is 0 Å². The zero-order valence-corrected chi connectivity index (χ0v) is 12.0. The number of hydrogen-bond donors (Lipinski definition) is 1. The van der Waals surface area contributed by atoms with E-state index in [1.54, 1.807) is 11.3 Å². The van der Waals surface area contributed by atoms with Gasteiger partial charge in [0.05, 0.1) is 12.7 Å². The molecule has 2 aromatic rings. The Morgan fingerprint density at radius 3 is 3.11 bits per heavy atom. The third-order valence-electron chi connectivity index (χ3n) is 3.75. The number of hydrogen-bond acceptors (Lipinski definition) is 3. The number of thiophene rings is 1. The molecule has 2 nitrogen and oxygen atoms in total. The van der Waals surface area contributed by atoms with Gasteiger partial charge in [-0.05, 0) is 46.9 Å². The van der Waals surface area contributed by atoms with Gasteiger partial charge in [0.1, 0.15) is 0 Å². The molecule has 0 aliphatic carbocycles. The molecule has 1 aromatic heterocycles. The van der Waals surface area contributed by atoms with Crippen molar-refractivity contribution in [2.45, 2.75) is 25.5 Å². The van der Waals surface area contributed by atoms with Crippen LogP contribution in [-0.4, -0.2) is 13.2 Å². The summed E-state index contributed by atoms with van der Waals surface area (Å²) in [6.45, 7) is 3.90. The van der Waals surface area contributed by atoms with Crippen LogP contribution in [0.3, 0.4) is 0 Å². The molecular formula is C16H19NOS. The summed E-state index contributed by atoms with van der Waals surface area (Å²) in [5, 5.41) is 7.90. The fraction of sp³-hybridized carbons (Fsp3) is 0.375. The van der Waals surface area contributed by atoms with Gasteiger partial charge in [-0.25, -0.2) is 0 Å². The number of ether oxygens (including phenoxy) is 1. The Morgan fingerprint density at radius 1 is 1.37 bits per heavy atom. The smallest absolute Gasteiger partial charge is 0.0952 e. The predicted octanol–water partition coefficient (Wildman–Crippen LogP) is 3.71. The van der Waals surface area contributed by atoms with E-state index in [9.17, 15) is 0 Å². The standard InChI is InChI=1S/C16H19NOS/c1-12(14-7-9-19-11-14)17-10-16-15-5-3-2-4-13(15)6-8-18-16/h2-5,7,9,11-12,16-17H,6,8,10H2,1H3. The average molecular weight is 273 g/mol. The first kappa shape index (κ1) is 12.9. The zero-order chi connectivity index (χ0) is 13.1. The molecule has 1 aliphatic rings. The van der Waals surface area contributed by atoms with Crippen LogP contribution in [0.1, 0.15) is 35.8 Å². The van der Waals surface area contributed by atoms with Gasteiger partial charge in [0.15, 0.2) is 0 Å². The number of fused-ring (bicyclic) bond motifs is 1. The van der Waals surface area contributed by atoms with Crippen molar-refractivity contribution in [2.24, 2.45) is 0 Å². The van der Waals surface area contributed by atoms with E-state index in [1.165, 1.54) is 16.7 Å². The molecule has 2 unspecified atom stereocenters. The first-order chi connectivity index (χ1) is 9.34. The van der Waals surface area contributed by atoms with Gasteiger partial charge in [-0.15, -0.1) is 0 Å². The minimum Gasteiger partial charge on any atom is -0.372 e. The molecule has 2 atom stereocenters. The van der Waals surface area contributed by atoms with Crippen molar-refractivity contribution in [1.29, 1.82) is 0 Å². The second-order valence-electron chi connectivity index (χ2n) is 4.99. The van der Waals surface area contributed by atoms with Crippen LogP contribution in [-0.2, 0) is 11.2 Å². The summed E-state index contributed by atoms with van der Waals surface area (Å²) in [5.74, 6) is 0. The van der Waals surface area contributed by atoms with E-state index in [-0.39, 0.29) is 6.10 Å². The summed E-state index contributed by atoms with van der Waals surface area (Å²) >= 11 is 1.75. The van der Waals surface area contributed by atoms with E-state index in [1.807, 2.05) is 0 Å². The van der Waals surface area contributed by atoms with Crippen LogP contribution in [0.5, 0.6) is 0 Å². The number of rotatable bonds is 4. The van der Waals surface area contributed by atoms with E-state index in [0.717, 1.165) is 19.6 Å². The summed E-state index contributed by atoms with van der Waals surface area (Å²) in [6.07, 6.45) is 1.22. The van der Waals surface area contributed by atoms with Crippen LogP contribution < -0.4 is 5.32 Å². The van der Waals surface area contributed by atoms with Crippen LogP contribution in [0.15, 0.2) is 41.1 Å². The molecule has 1 N–H and O–H groups in total. The van der Waals surface area contributed by atoms with E-state index < -0.39 is 0 Å². The van der Waals surface area contributed by atoms with Gasteiger partial charge in [-0.1, -0.05) is 24.3 Å². The van der Waals surface area contributed by atoms with Crippen LogP contribution in [0.25, 0.3) is 0 Å². The maximum Gasteiger partial charge on any atom is 0.0952 e. The topological polar surface area (TPSA) is 21.3 Å². The Balaban J connectivity index is 1.65. The van der Waals surface area contributed by atoms with E-state index in [2.05, 4.69) is 53.3 Å². The quantitative estimate of drug-likeness (QED) is 0.917. The molecule has 100 valence electrons. The maximum atomic E-state index is 5.91. The second kappa shape index (κ2) is 5.87. The van der Waals surface area contributed by atoms with Crippen molar-refractivity contribution in [3.8, 4) is 0 Å². The lowest BCUT2D eigenvalue weighted by atomic mass is 9.97. The highest BCUT2D eigenvalue weighted by Gasteiger charge is 2.20. The Morgan fingerprint density at radius 2 is 2.26 bits per heavy atom. The van der Waals surface area contributed by atoms with Gasteiger partial charge in [-0.2, -0.15) is 11.3 Å². The molecule has 0 bridgehead atoms. The van der Waals surface area contributed by atoms with Gasteiger partial charge < -0.3 is 10.1 Å². The number of nitrogens with one attached hydrogen (secondary N) is 1. The SMILES string of the molecule is CC(NCC1OCCc2ccccc21)c1ccsc1. The minimum atomic E-state index is 0.186. The maximum absolute atomic E-state index is 5.91. The van der Waals surface area contributed by atoms with Crippen molar-refractivity contribution in [3.63, 3.8) is 0 Å². The van der Waals surface area contributed by atoms with E-state index in [4.69, 9.17) is 4.74 Å². The lowest BCUT2D eigenvalue weighted by Crippen LogP contribution is -2.29. The molecular weight excluding hydrogens is 254 g/mol. The summed E-state index contributed by atoms with van der Waals surface area (Å²) in [6, 6.07) is 11.2. The summed E-state index contributed by atoms with van der Waals surface area (Å²) in [5.41, 5.74) is 4.14. The molecule has 0 radical (unpaired) electrons. The summed E-state index contributed by atoms with van der Waals surface area (Å²) in [4.78, 5) is 0. The predicted molar refractivity (Wildman–Crippen MR) is 79.6 cm³/mol. The summed E-state index contributed by atoms with van der Waals surface area (Å²) in [7, 11) is 0. The van der Waals surface area contributed by atoms with Crippen molar-refractivity contribution in [2.75, 3.05) is 13.2 Å². The molecule has 3 rings (SSSR count). The third-order valence-corrected chi connectivity index (χ3v) is 4.45. The highest BCUT2D eigenvalue weighted by molar-refractivity contribution is 7.07. The number of benzene rings is 1. The Kier molecular flexibility index (Phi) is 3.97. The van der Waals surface area contributed by atoms with Crippen molar-refractivity contribution < 1.29 is 4.74 Å². The Bertz CT molecular complexity index is 523. The zero-order valence-electron chi connectivity index (χ0n) is 11.1. The lowest BCUT2D eigenvalue weighted by molar-refractivity contribution is 0.0410. The highest BCUT2D eigenvalue weighted by atomic mass is 32.1. The average Bonchev–Trinajstić information content (AvgIpc) is 2.99. The molecule has 0 saturated carbocycles. The molecule has 2 heterocycles. The monoisotopic (exact) mass is 273 g/mol. The van der Waals surface area contributed by atoms with Gasteiger partial charge in [0, 0.05) is 12.6 Å². The van der Waals surface area contributed by atoms with Crippen LogP contribution >= 0.6 is 11.3 Å². The molecule has 0 spiro atoms. The normalized spacial score (nSPS) is 19.9. The molecule has 19 heavy (non-hydrogen) atoms. The van der Waals surface area contributed by atoms with Crippen LogP contribution in [0.4, 0.5) is 0 Å². The molecule has 3 heteroatoms. The minimum absolute atomic E-state index is 0.186. The molecule has 0 amide bonds. The summed E-state index contributed by atoms with van der Waals surface area (Å²) < 4.78 is 5.91. The first-order valence-electron chi connectivity index (χ1n) is 6.79. The largest absolute Gasteiger partial charge is 0.372 e. The molecule has 0 saturated heterocycles. The fourth-order valence-corrected chi connectivity index (χ4v) is 3.32. The van der Waals surface area contributed by atoms with Gasteiger partial charge in [0.2, 0.25) is 0 Å². The third kappa shape index (κ3) is 2.89.